The first-order valence-corrected chi connectivity index (χ1v) is 33.3. The van der Waals surface area contributed by atoms with E-state index in [1.54, 1.807) is 23.8 Å². The van der Waals surface area contributed by atoms with Crippen molar-refractivity contribution in [2.45, 2.75) is 9.79 Å². The fraction of sp³-hybridized carbons (Fsp3) is 0.451. The summed E-state index contributed by atoms with van der Waals surface area (Å²) in [5.74, 6) is -0.0804. The Balaban J connectivity index is 0.000000190. The highest BCUT2D eigenvalue weighted by molar-refractivity contribution is 9.11. The van der Waals surface area contributed by atoms with Gasteiger partial charge in [0.15, 0.2) is 42.3 Å². The molecular formula is C51H68BrN13O16S6. The predicted octanol–water partition coefficient (Wildman–Crippen LogP) is 3.46. The summed E-state index contributed by atoms with van der Waals surface area (Å²) in [6.45, 7) is 11.3. The summed E-state index contributed by atoms with van der Waals surface area (Å²) in [5, 5.41) is 20.6. The Hall–Kier alpha value is -6.42. The van der Waals surface area contributed by atoms with Gasteiger partial charge in [-0.25, -0.2) is 56.6 Å². The maximum Gasteiger partial charge on any atom is 0.349 e. The number of sulfonamides is 2. The van der Waals surface area contributed by atoms with Gasteiger partial charge in [0.05, 0.1) is 84.3 Å². The summed E-state index contributed by atoms with van der Waals surface area (Å²) < 4.78 is 89.8. The second-order valence-corrected chi connectivity index (χ2v) is 27.2. The van der Waals surface area contributed by atoms with Gasteiger partial charge >= 0.3 is 17.9 Å². The van der Waals surface area contributed by atoms with Gasteiger partial charge in [0, 0.05) is 117 Å². The molecule has 0 aliphatic carbocycles. The van der Waals surface area contributed by atoms with E-state index in [0.29, 0.717) is 91.1 Å². The zero-order chi connectivity index (χ0) is 63.1. The predicted molar refractivity (Wildman–Crippen MR) is 331 cm³/mol. The summed E-state index contributed by atoms with van der Waals surface area (Å²) >= 11 is 8.12. The molecule has 0 atom stereocenters. The number of carbonyl (C=O) groups excluding carboxylic acids is 4. The highest BCUT2D eigenvalue weighted by atomic mass is 79.9. The third-order valence-corrected chi connectivity index (χ3v) is 21.2. The van der Waals surface area contributed by atoms with Crippen molar-refractivity contribution < 1.29 is 74.4 Å². The largest absolute Gasteiger partial charge is 0.493 e. The number of nitrogens with zero attached hydrogens (tertiary/aromatic N) is 9. The number of carbonyl (C=O) groups is 4. The van der Waals surface area contributed by atoms with Gasteiger partial charge in [-0.2, -0.15) is 8.61 Å². The maximum atomic E-state index is 13.0. The molecule has 29 nitrogen and oxygen atoms in total. The minimum absolute atomic E-state index is 0.134. The van der Waals surface area contributed by atoms with Crippen LogP contribution in [-0.4, -0.2) is 229 Å². The Bertz CT molecular complexity index is 3250. The molecule has 10 rings (SSSR count). The van der Waals surface area contributed by atoms with Crippen LogP contribution in [0.4, 0.5) is 15.4 Å². The SMILES string of the molecule is C1CNCCN1.COC(=O)c1cnc(Br)s1.COC(=O)c1cnc(N2CCN(S(=O)(=O)c3ccc(OC)c(OC)c3)CC2)s1.COC(=O)c1cnc(N2CCNCC2)s1.COc1ccc(S(=O)(=O)N2CCN(c3ncc(C(=O)NO)s3)CC2)cc1OC. The first-order valence-electron chi connectivity index (χ1n) is 26.4. The number of ether oxygens (including phenoxy) is 7. The number of methoxy groups -OCH3 is 7. The molecule has 5 N–H and O–H groups in total. The van der Waals surface area contributed by atoms with Gasteiger partial charge in [-0.1, -0.05) is 34.0 Å². The van der Waals surface area contributed by atoms with E-state index in [2.05, 4.69) is 70.9 Å². The number of esters is 3. The molecule has 4 aromatic heterocycles. The van der Waals surface area contributed by atoms with E-state index in [-0.39, 0.29) is 39.7 Å². The first kappa shape index (κ1) is 69.7. The summed E-state index contributed by atoms with van der Waals surface area (Å²) in [5.41, 5.74) is 1.57. The Morgan fingerprint density at radius 1 is 0.471 bits per heavy atom. The van der Waals surface area contributed by atoms with Gasteiger partial charge in [0.25, 0.3) is 5.91 Å². The van der Waals surface area contributed by atoms with Crippen molar-refractivity contribution in [1.82, 2.24) is 50.0 Å². The number of aromatic nitrogens is 4. The van der Waals surface area contributed by atoms with Crippen molar-refractivity contribution in [3.05, 3.63) is 84.6 Å². The molecule has 8 heterocycles. The number of thiazole rings is 4. The van der Waals surface area contributed by atoms with E-state index >= 15 is 0 Å². The van der Waals surface area contributed by atoms with Crippen LogP contribution >= 0.6 is 61.3 Å². The molecular weight excluding hydrogens is 1320 g/mol. The van der Waals surface area contributed by atoms with Gasteiger partial charge in [-0.15, -0.1) is 11.3 Å². The lowest BCUT2D eigenvalue weighted by atomic mass is 10.3. The Morgan fingerprint density at radius 2 is 0.805 bits per heavy atom. The van der Waals surface area contributed by atoms with Crippen LogP contribution in [0.25, 0.3) is 0 Å². The van der Waals surface area contributed by atoms with Gasteiger partial charge in [-0.3, -0.25) is 10.0 Å². The first-order chi connectivity index (χ1) is 41.8. The van der Waals surface area contributed by atoms with Crippen molar-refractivity contribution in [2.24, 2.45) is 0 Å². The molecule has 6 aromatic rings. The van der Waals surface area contributed by atoms with Crippen LogP contribution in [0.2, 0.25) is 0 Å². The quantitative estimate of drug-likeness (QED) is 0.0425. The molecule has 4 aliphatic heterocycles. The third kappa shape index (κ3) is 19.3. The number of hydrogen-bond donors (Lipinski definition) is 5. The maximum absolute atomic E-state index is 13.0. The van der Waals surface area contributed by atoms with E-state index in [1.807, 2.05) is 9.80 Å². The van der Waals surface area contributed by atoms with Crippen LogP contribution in [0.3, 0.4) is 0 Å². The van der Waals surface area contributed by atoms with Gasteiger partial charge in [-0.05, 0) is 40.2 Å². The monoisotopic (exact) mass is 1390 g/mol. The van der Waals surface area contributed by atoms with Crippen LogP contribution < -0.4 is 55.1 Å². The Kier molecular flexibility index (Phi) is 27.5. The number of hydrogen-bond acceptors (Lipinski definition) is 30. The van der Waals surface area contributed by atoms with Crippen LogP contribution in [0.1, 0.15) is 38.7 Å². The average molecular weight is 1390 g/mol. The number of benzene rings is 2. The fourth-order valence-electron chi connectivity index (χ4n) is 8.18. The fourth-order valence-corrected chi connectivity index (χ4v) is 14.9. The molecule has 0 saturated carbocycles. The zero-order valence-corrected chi connectivity index (χ0v) is 55.0. The number of amides is 1. The van der Waals surface area contributed by atoms with Crippen molar-refractivity contribution in [3.8, 4) is 23.0 Å². The third-order valence-electron chi connectivity index (χ3n) is 12.8. The molecule has 4 aliphatic rings. The molecule has 0 spiro atoms. The summed E-state index contributed by atoms with van der Waals surface area (Å²) in [6, 6.07) is 9.04. The smallest absolute Gasteiger partial charge is 0.349 e. The van der Waals surface area contributed by atoms with Crippen molar-refractivity contribution >= 4 is 121 Å². The van der Waals surface area contributed by atoms with Crippen LogP contribution in [0, 0.1) is 0 Å². The number of rotatable bonds is 15. The molecule has 0 radical (unpaired) electrons. The summed E-state index contributed by atoms with van der Waals surface area (Å²) in [4.78, 5) is 69.5. The number of anilines is 3. The molecule has 36 heteroatoms. The van der Waals surface area contributed by atoms with Gasteiger partial charge < -0.3 is 63.8 Å². The van der Waals surface area contributed by atoms with E-state index in [9.17, 15) is 36.0 Å². The Morgan fingerprint density at radius 3 is 1.14 bits per heavy atom. The molecule has 4 saturated heterocycles. The second-order valence-electron chi connectivity index (χ2n) is 18.0. The van der Waals surface area contributed by atoms with E-state index < -0.39 is 31.9 Å². The van der Waals surface area contributed by atoms with E-state index in [1.165, 1.54) is 135 Å². The van der Waals surface area contributed by atoms with E-state index in [4.69, 9.17) is 24.2 Å². The lowest BCUT2D eigenvalue weighted by molar-refractivity contribution is 0.0597. The lowest BCUT2D eigenvalue weighted by Gasteiger charge is -2.33. The number of halogens is 1. The molecule has 0 bridgehead atoms. The van der Waals surface area contributed by atoms with Crippen LogP contribution in [0.15, 0.2) is 74.9 Å². The molecule has 87 heavy (non-hydrogen) atoms. The molecule has 1 amide bonds. The number of hydroxylamine groups is 1. The van der Waals surface area contributed by atoms with Gasteiger partial charge in [0.1, 0.15) is 19.5 Å². The van der Waals surface area contributed by atoms with E-state index in [0.717, 1.165) is 68.8 Å². The molecule has 0 unspecified atom stereocenters. The van der Waals surface area contributed by atoms with Crippen molar-refractivity contribution in [1.29, 1.82) is 0 Å². The highest BCUT2D eigenvalue weighted by Crippen LogP contribution is 2.34. The normalized spacial score (nSPS) is 15.4. The summed E-state index contributed by atoms with van der Waals surface area (Å²) in [7, 11) is 2.60. The zero-order valence-electron chi connectivity index (χ0n) is 48.5. The van der Waals surface area contributed by atoms with Crippen LogP contribution in [-0.2, 0) is 34.3 Å². The van der Waals surface area contributed by atoms with Crippen molar-refractivity contribution in [3.63, 3.8) is 0 Å². The topological polar surface area (TPSA) is 337 Å². The minimum Gasteiger partial charge on any atom is -0.493 e. The molecule has 2 aromatic carbocycles. The van der Waals surface area contributed by atoms with Crippen molar-refractivity contribution in [2.75, 3.05) is 169 Å². The summed E-state index contributed by atoms with van der Waals surface area (Å²) in [6.07, 6.45) is 5.89. The average Bonchev–Trinajstić information content (AvgIpc) is 3.10. The molecule has 4 fully saturated rings. The standard InChI is InChI=1S/C17H21N3O6S2.C16H20N4O6S2.C9H13N3O2S.C5H4BrNO2S.C4H10N2/c1-24-13-5-4-12(10-14(13)25-2)28(22,23)20-8-6-19(7-9-20)17-18-11-15(27-17)16(21)26-3;1-25-12-4-3-11(9-13(12)26-2)28(23,24)20-7-5-19(6-8-20)16-17-10-14(27-16)15(21)18-22;1-14-8(13)7-6-11-9(15-7)12-4-2-10-3-5-12;1-9-4(8)3-2-7-5(6)10-3;1-2-6-4-3-5-1/h4-5,10-11H,6-9H2,1-3H3;3-4,9-10,22H,5-8H2,1-2H3,(H,18,21);6,10H,2-5H2,1H3;2H,1H3;5-6H,1-4H2. The second kappa shape index (κ2) is 34.4. The molecule has 476 valence electrons. The number of piperazine rings is 4. The van der Waals surface area contributed by atoms with Gasteiger partial charge in [0.2, 0.25) is 20.0 Å². The highest BCUT2D eigenvalue weighted by Gasteiger charge is 2.32. The minimum atomic E-state index is -3.68. The lowest BCUT2D eigenvalue weighted by Crippen LogP contribution is -2.48. The Labute approximate surface area is 528 Å². The number of nitrogens with one attached hydrogen (secondary N) is 4. The van der Waals surface area contributed by atoms with Crippen LogP contribution in [0.5, 0.6) is 23.0 Å².